The molecular weight excluding hydrogens is 296 g/mol. The van der Waals surface area contributed by atoms with Gasteiger partial charge in [0.25, 0.3) is 0 Å². The summed E-state index contributed by atoms with van der Waals surface area (Å²) < 4.78 is 21.8. The molecular formula is C17H32N2O2S. The highest BCUT2D eigenvalue weighted by atomic mass is 32.2. The van der Waals surface area contributed by atoms with E-state index in [1.54, 1.807) is 0 Å². The maximum atomic E-state index is 12.6. The lowest BCUT2D eigenvalue weighted by Crippen LogP contribution is -2.58. The van der Waals surface area contributed by atoms with E-state index in [0.717, 1.165) is 31.9 Å². The quantitative estimate of drug-likeness (QED) is 0.778. The molecule has 5 heteroatoms. The summed E-state index contributed by atoms with van der Waals surface area (Å²) in [5.41, 5.74) is 0.158. The van der Waals surface area contributed by atoms with Crippen LogP contribution in [0.25, 0.3) is 0 Å². The molecule has 5 atom stereocenters. The standard InChI is InChI=1S/C17H32N2O2S/c1-12-15(19-22(20)16(2,3)4)17(11-21-12)7-8-18-14(10-17)9-13-5-6-13/h12-15,18-19H,5-11H2,1-4H3/t12-,14?,15+,17?,22+/m0/s1. The van der Waals surface area contributed by atoms with Gasteiger partial charge < -0.3 is 14.6 Å². The Balaban J connectivity index is 1.69. The van der Waals surface area contributed by atoms with Crippen LogP contribution in [0.3, 0.4) is 0 Å². The molecule has 2 N–H and O–H groups in total. The molecule has 3 rings (SSSR count). The zero-order valence-corrected chi connectivity index (χ0v) is 15.3. The molecule has 3 aliphatic rings. The number of rotatable bonds is 4. The number of piperidine rings is 1. The van der Waals surface area contributed by atoms with Crippen molar-refractivity contribution in [1.82, 2.24) is 10.0 Å². The number of hydrogen-bond donors (Lipinski definition) is 2. The van der Waals surface area contributed by atoms with Gasteiger partial charge in [-0.3, -0.25) is 0 Å². The summed E-state index contributed by atoms with van der Waals surface area (Å²) in [6.45, 7) is 10.1. The van der Waals surface area contributed by atoms with Crippen molar-refractivity contribution >= 4 is 11.4 Å². The monoisotopic (exact) mass is 328 g/mol. The molecule has 2 aliphatic heterocycles. The van der Waals surface area contributed by atoms with Crippen molar-refractivity contribution in [3.05, 3.63) is 0 Å². The zero-order chi connectivity index (χ0) is 16.0. The minimum Gasteiger partial charge on any atom is -0.598 e. The van der Waals surface area contributed by atoms with Gasteiger partial charge in [-0.15, -0.1) is 4.72 Å². The summed E-state index contributed by atoms with van der Waals surface area (Å²) in [4.78, 5) is 0. The average Bonchev–Trinajstić information content (AvgIpc) is 3.20. The van der Waals surface area contributed by atoms with Gasteiger partial charge in [0, 0.05) is 22.8 Å². The predicted octanol–water partition coefficient (Wildman–Crippen LogP) is 2.36. The molecule has 0 aromatic rings. The lowest BCUT2D eigenvalue weighted by Gasteiger charge is -2.43. The van der Waals surface area contributed by atoms with Gasteiger partial charge in [-0.1, -0.05) is 12.8 Å². The fourth-order valence-electron chi connectivity index (χ4n) is 4.02. The molecule has 2 unspecified atom stereocenters. The molecule has 0 bridgehead atoms. The van der Waals surface area contributed by atoms with E-state index in [1.165, 1.54) is 19.3 Å². The molecule has 1 saturated carbocycles. The minimum atomic E-state index is -1.04. The molecule has 0 radical (unpaired) electrons. The van der Waals surface area contributed by atoms with Gasteiger partial charge in [-0.05, 0) is 59.4 Å². The molecule has 0 aromatic heterocycles. The first-order chi connectivity index (χ1) is 10.3. The molecule has 4 nitrogen and oxygen atoms in total. The summed E-state index contributed by atoms with van der Waals surface area (Å²) in [6, 6.07) is 0.818. The van der Waals surface area contributed by atoms with Gasteiger partial charge in [-0.25, -0.2) is 0 Å². The van der Waals surface area contributed by atoms with E-state index in [4.69, 9.17) is 4.74 Å². The van der Waals surface area contributed by atoms with Crippen molar-refractivity contribution in [3.8, 4) is 0 Å². The van der Waals surface area contributed by atoms with Crippen LogP contribution in [0.5, 0.6) is 0 Å². The van der Waals surface area contributed by atoms with Crippen molar-refractivity contribution in [2.45, 2.75) is 82.7 Å². The van der Waals surface area contributed by atoms with E-state index < -0.39 is 11.4 Å². The second kappa shape index (κ2) is 6.25. The average molecular weight is 329 g/mol. The Bertz CT molecular complexity index is 393. The van der Waals surface area contributed by atoms with E-state index in [2.05, 4.69) is 17.0 Å². The van der Waals surface area contributed by atoms with Crippen molar-refractivity contribution in [1.29, 1.82) is 0 Å². The van der Waals surface area contributed by atoms with Crippen LogP contribution < -0.4 is 10.0 Å². The fourth-order valence-corrected chi connectivity index (χ4v) is 5.05. The van der Waals surface area contributed by atoms with Crippen LogP contribution in [0.2, 0.25) is 0 Å². The Labute approximate surface area is 138 Å². The normalized spacial score (nSPS) is 41.0. The first-order valence-electron chi connectivity index (χ1n) is 8.83. The van der Waals surface area contributed by atoms with E-state index in [-0.39, 0.29) is 22.3 Å². The Morgan fingerprint density at radius 3 is 2.73 bits per heavy atom. The van der Waals surface area contributed by atoms with E-state index >= 15 is 0 Å². The lowest BCUT2D eigenvalue weighted by molar-refractivity contribution is 0.0855. The maximum absolute atomic E-state index is 12.6. The molecule has 3 fully saturated rings. The van der Waals surface area contributed by atoms with Crippen LogP contribution in [0, 0.1) is 11.3 Å². The van der Waals surface area contributed by atoms with Gasteiger partial charge in [-0.2, -0.15) is 0 Å². The summed E-state index contributed by atoms with van der Waals surface area (Å²) in [6.07, 6.45) is 6.56. The molecule has 1 spiro atoms. The van der Waals surface area contributed by atoms with E-state index in [0.29, 0.717) is 6.04 Å². The Kier molecular flexibility index (Phi) is 4.83. The molecule has 0 aromatic carbocycles. The van der Waals surface area contributed by atoms with Crippen molar-refractivity contribution < 1.29 is 9.29 Å². The van der Waals surface area contributed by atoms with Crippen LogP contribution in [-0.2, 0) is 16.1 Å². The number of ether oxygens (including phenoxy) is 1. The number of hydrogen-bond acceptors (Lipinski definition) is 4. The molecule has 2 saturated heterocycles. The Hall–Kier alpha value is 0.190. The van der Waals surface area contributed by atoms with Gasteiger partial charge in [0.2, 0.25) is 0 Å². The zero-order valence-electron chi connectivity index (χ0n) is 14.5. The molecule has 2 heterocycles. The smallest absolute Gasteiger partial charge is 0.136 e. The number of nitrogens with one attached hydrogen (secondary N) is 2. The van der Waals surface area contributed by atoms with Gasteiger partial charge in [0.05, 0.1) is 18.8 Å². The molecule has 128 valence electrons. The largest absolute Gasteiger partial charge is 0.598 e. The second-order valence-corrected chi connectivity index (χ2v) is 10.6. The first kappa shape index (κ1) is 17.0. The SMILES string of the molecule is C[C@@H]1OCC2(CCNC(CC3CC3)C2)[C@@H]1N[S@+]([O-])C(C)(C)C. The third-order valence-electron chi connectivity index (χ3n) is 5.58. The van der Waals surface area contributed by atoms with Crippen LogP contribution in [0.1, 0.15) is 59.8 Å². The fraction of sp³-hybridized carbons (Fsp3) is 1.00. The molecule has 22 heavy (non-hydrogen) atoms. The summed E-state index contributed by atoms with van der Waals surface area (Å²) in [5, 5.41) is 3.70. The summed E-state index contributed by atoms with van der Waals surface area (Å²) in [7, 11) is 0. The molecule has 0 amide bonds. The van der Waals surface area contributed by atoms with E-state index in [9.17, 15) is 4.55 Å². The second-order valence-electron chi connectivity index (χ2n) is 8.64. The highest BCUT2D eigenvalue weighted by Gasteiger charge is 2.53. The van der Waals surface area contributed by atoms with Crippen LogP contribution in [-0.4, -0.2) is 40.6 Å². The van der Waals surface area contributed by atoms with Gasteiger partial charge >= 0.3 is 0 Å². The molecule has 1 aliphatic carbocycles. The predicted molar refractivity (Wildman–Crippen MR) is 91.0 cm³/mol. The van der Waals surface area contributed by atoms with Gasteiger partial charge in [0.15, 0.2) is 0 Å². The maximum Gasteiger partial charge on any atom is 0.136 e. The summed E-state index contributed by atoms with van der Waals surface area (Å²) in [5.74, 6) is 0.947. The van der Waals surface area contributed by atoms with Crippen molar-refractivity contribution in [2.24, 2.45) is 11.3 Å². The Morgan fingerprint density at radius 1 is 1.36 bits per heavy atom. The summed E-state index contributed by atoms with van der Waals surface area (Å²) >= 11 is -1.04. The minimum absolute atomic E-state index is 0.144. The topological polar surface area (TPSA) is 56.3 Å². The third-order valence-corrected chi connectivity index (χ3v) is 7.16. The highest BCUT2D eigenvalue weighted by Crippen LogP contribution is 2.45. The van der Waals surface area contributed by atoms with Gasteiger partial charge in [0.1, 0.15) is 4.75 Å². The van der Waals surface area contributed by atoms with Crippen LogP contribution in [0.4, 0.5) is 0 Å². The van der Waals surface area contributed by atoms with Crippen LogP contribution >= 0.6 is 0 Å². The van der Waals surface area contributed by atoms with Crippen molar-refractivity contribution in [2.75, 3.05) is 13.2 Å². The van der Waals surface area contributed by atoms with Crippen LogP contribution in [0.15, 0.2) is 0 Å². The van der Waals surface area contributed by atoms with Crippen molar-refractivity contribution in [3.63, 3.8) is 0 Å². The third kappa shape index (κ3) is 3.64. The lowest BCUT2D eigenvalue weighted by atomic mass is 9.71. The highest BCUT2D eigenvalue weighted by molar-refractivity contribution is 7.90. The van der Waals surface area contributed by atoms with E-state index in [1.807, 2.05) is 20.8 Å². The Morgan fingerprint density at radius 2 is 2.09 bits per heavy atom. The first-order valence-corrected chi connectivity index (χ1v) is 9.98.